The topological polar surface area (TPSA) is 51.8 Å². The number of aryl methyl sites for hydroxylation is 2. The van der Waals surface area contributed by atoms with Crippen molar-refractivity contribution in [1.82, 2.24) is 9.97 Å². The van der Waals surface area contributed by atoms with Crippen LogP contribution in [0.15, 0.2) is 6.58 Å². The highest BCUT2D eigenvalue weighted by Crippen LogP contribution is 2.11. The molecule has 0 saturated carbocycles. The summed E-state index contributed by atoms with van der Waals surface area (Å²) in [6.45, 7) is 7.44. The molecule has 0 unspecified atom stereocenters. The van der Waals surface area contributed by atoms with Gasteiger partial charge in [-0.2, -0.15) is 0 Å². The summed E-state index contributed by atoms with van der Waals surface area (Å²) in [6.07, 6.45) is 1.74. The summed E-state index contributed by atoms with van der Waals surface area (Å²) in [5.74, 6) is 0.325. The minimum Gasteiger partial charge on any atom is -0.368 e. The molecule has 0 aliphatic rings. The fourth-order valence-corrected chi connectivity index (χ4v) is 1.05. The predicted octanol–water partition coefficient (Wildman–Crippen LogP) is 1.32. The average Bonchev–Trinajstić information content (AvgIpc) is 1.85. The van der Waals surface area contributed by atoms with Crippen LogP contribution in [0.1, 0.15) is 17.0 Å². The van der Waals surface area contributed by atoms with Crippen LogP contribution in [0, 0.1) is 13.8 Å². The number of hydrogen-bond donors (Lipinski definition) is 1. The highest BCUT2D eigenvalue weighted by molar-refractivity contribution is 5.53. The first-order valence-electron chi connectivity index (χ1n) is 3.38. The van der Waals surface area contributed by atoms with Crippen molar-refractivity contribution < 1.29 is 0 Å². The number of nitrogens with two attached hydrogens (primary N) is 1. The average molecular weight is 149 g/mol. The Labute approximate surface area is 66.0 Å². The summed E-state index contributed by atoms with van der Waals surface area (Å²) < 4.78 is 0. The molecule has 0 saturated heterocycles. The van der Waals surface area contributed by atoms with Gasteiger partial charge >= 0.3 is 0 Å². The maximum Gasteiger partial charge on any atom is 0.220 e. The summed E-state index contributed by atoms with van der Waals surface area (Å²) in [5, 5.41) is 0. The second-order valence-electron chi connectivity index (χ2n) is 2.37. The van der Waals surface area contributed by atoms with E-state index in [1.165, 1.54) is 0 Å². The fraction of sp³-hybridized carbons (Fsp3) is 0.250. The van der Waals surface area contributed by atoms with E-state index in [4.69, 9.17) is 5.73 Å². The number of nitrogen functional groups attached to an aromatic ring is 1. The summed E-state index contributed by atoms with van der Waals surface area (Å²) >= 11 is 0. The van der Waals surface area contributed by atoms with Crippen molar-refractivity contribution in [2.45, 2.75) is 13.8 Å². The van der Waals surface area contributed by atoms with Gasteiger partial charge in [0.15, 0.2) is 0 Å². The lowest BCUT2D eigenvalue weighted by Crippen LogP contribution is -2.01. The fourth-order valence-electron chi connectivity index (χ4n) is 1.05. The van der Waals surface area contributed by atoms with Gasteiger partial charge in [-0.25, -0.2) is 9.97 Å². The molecule has 0 aliphatic heterocycles. The molecule has 0 amide bonds. The Morgan fingerprint density at radius 1 is 1.27 bits per heavy atom. The van der Waals surface area contributed by atoms with Crippen LogP contribution in [0.5, 0.6) is 0 Å². The molecule has 1 aromatic rings. The smallest absolute Gasteiger partial charge is 0.220 e. The molecular weight excluding hydrogens is 138 g/mol. The van der Waals surface area contributed by atoms with E-state index in [-0.39, 0.29) is 0 Å². The van der Waals surface area contributed by atoms with Gasteiger partial charge in [0.05, 0.1) is 11.4 Å². The van der Waals surface area contributed by atoms with E-state index < -0.39 is 0 Å². The van der Waals surface area contributed by atoms with Gasteiger partial charge in [-0.3, -0.25) is 0 Å². The van der Waals surface area contributed by atoms with Gasteiger partial charge in [0.25, 0.3) is 0 Å². The van der Waals surface area contributed by atoms with Crippen LogP contribution in [0.3, 0.4) is 0 Å². The van der Waals surface area contributed by atoms with E-state index in [2.05, 4.69) is 16.5 Å². The highest BCUT2D eigenvalue weighted by atomic mass is 15.0. The van der Waals surface area contributed by atoms with Crippen molar-refractivity contribution in [1.29, 1.82) is 0 Å². The molecule has 0 radical (unpaired) electrons. The number of aromatic nitrogens is 2. The van der Waals surface area contributed by atoms with Crippen molar-refractivity contribution in [2.75, 3.05) is 5.73 Å². The maximum atomic E-state index is 5.43. The number of rotatable bonds is 1. The zero-order valence-electron chi connectivity index (χ0n) is 6.76. The normalized spacial score (nSPS) is 9.64. The van der Waals surface area contributed by atoms with Crippen LogP contribution in [-0.4, -0.2) is 9.97 Å². The van der Waals surface area contributed by atoms with E-state index >= 15 is 0 Å². The zero-order chi connectivity index (χ0) is 8.43. The molecule has 58 valence electrons. The van der Waals surface area contributed by atoms with E-state index in [1.807, 2.05) is 13.8 Å². The van der Waals surface area contributed by atoms with Crippen LogP contribution in [-0.2, 0) is 0 Å². The summed E-state index contributed by atoms with van der Waals surface area (Å²) in [7, 11) is 0. The second kappa shape index (κ2) is 2.70. The SMILES string of the molecule is C=Cc1c(C)nc(N)nc1C. The molecule has 0 aromatic carbocycles. The monoisotopic (exact) mass is 149 g/mol. The number of nitrogens with zero attached hydrogens (tertiary/aromatic N) is 2. The Balaban J connectivity index is 3.36. The van der Waals surface area contributed by atoms with Crippen molar-refractivity contribution in [3.63, 3.8) is 0 Å². The van der Waals surface area contributed by atoms with E-state index in [0.29, 0.717) is 5.95 Å². The molecule has 3 heteroatoms. The third-order valence-electron chi connectivity index (χ3n) is 1.55. The van der Waals surface area contributed by atoms with Crippen molar-refractivity contribution >= 4 is 12.0 Å². The molecule has 1 rings (SSSR count). The molecule has 0 bridgehead atoms. The molecule has 0 fully saturated rings. The van der Waals surface area contributed by atoms with Crippen LogP contribution in [0.25, 0.3) is 6.08 Å². The molecule has 0 aliphatic carbocycles. The van der Waals surface area contributed by atoms with E-state index in [0.717, 1.165) is 17.0 Å². The summed E-state index contributed by atoms with van der Waals surface area (Å²) in [5.41, 5.74) is 8.16. The van der Waals surface area contributed by atoms with Crippen LogP contribution in [0.2, 0.25) is 0 Å². The molecule has 0 spiro atoms. The standard InChI is InChI=1S/C8H11N3/c1-4-7-5(2)10-8(9)11-6(7)3/h4H,1H2,2-3H3,(H2,9,10,11). The highest BCUT2D eigenvalue weighted by Gasteiger charge is 2.01. The summed E-state index contributed by atoms with van der Waals surface area (Å²) in [6, 6.07) is 0. The minimum atomic E-state index is 0.325. The first kappa shape index (κ1) is 7.72. The Morgan fingerprint density at radius 2 is 1.73 bits per heavy atom. The van der Waals surface area contributed by atoms with Crippen molar-refractivity contribution in [2.24, 2.45) is 0 Å². The zero-order valence-corrected chi connectivity index (χ0v) is 6.76. The van der Waals surface area contributed by atoms with Gasteiger partial charge in [-0.05, 0) is 13.8 Å². The van der Waals surface area contributed by atoms with Gasteiger partial charge in [-0.15, -0.1) is 0 Å². The van der Waals surface area contributed by atoms with Gasteiger partial charge in [-0.1, -0.05) is 12.7 Å². The van der Waals surface area contributed by atoms with Crippen LogP contribution in [0.4, 0.5) is 5.95 Å². The largest absolute Gasteiger partial charge is 0.368 e. The Bertz CT molecular complexity index is 268. The van der Waals surface area contributed by atoms with Crippen molar-refractivity contribution in [3.05, 3.63) is 23.5 Å². The molecule has 2 N–H and O–H groups in total. The molecular formula is C8H11N3. The predicted molar refractivity (Wildman–Crippen MR) is 46.0 cm³/mol. The molecule has 1 heterocycles. The Morgan fingerprint density at radius 3 is 2.09 bits per heavy atom. The molecule has 3 nitrogen and oxygen atoms in total. The third kappa shape index (κ3) is 1.37. The lowest BCUT2D eigenvalue weighted by atomic mass is 10.2. The molecule has 1 aromatic heterocycles. The Kier molecular flexibility index (Phi) is 1.89. The lowest BCUT2D eigenvalue weighted by molar-refractivity contribution is 1.06. The first-order valence-corrected chi connectivity index (χ1v) is 3.38. The van der Waals surface area contributed by atoms with E-state index in [9.17, 15) is 0 Å². The van der Waals surface area contributed by atoms with Gasteiger partial charge in [0, 0.05) is 5.56 Å². The van der Waals surface area contributed by atoms with Gasteiger partial charge < -0.3 is 5.73 Å². The molecule has 11 heavy (non-hydrogen) atoms. The lowest BCUT2D eigenvalue weighted by Gasteiger charge is -2.03. The second-order valence-corrected chi connectivity index (χ2v) is 2.37. The van der Waals surface area contributed by atoms with Gasteiger partial charge in [0.2, 0.25) is 5.95 Å². The third-order valence-corrected chi connectivity index (χ3v) is 1.55. The quantitative estimate of drug-likeness (QED) is 0.655. The van der Waals surface area contributed by atoms with Crippen LogP contribution >= 0.6 is 0 Å². The van der Waals surface area contributed by atoms with Crippen LogP contribution < -0.4 is 5.73 Å². The first-order chi connectivity index (χ1) is 5.15. The maximum absolute atomic E-state index is 5.43. The Hall–Kier alpha value is -1.38. The van der Waals surface area contributed by atoms with Crippen molar-refractivity contribution in [3.8, 4) is 0 Å². The minimum absolute atomic E-state index is 0.325. The van der Waals surface area contributed by atoms with Gasteiger partial charge in [0.1, 0.15) is 0 Å². The summed E-state index contributed by atoms with van der Waals surface area (Å²) in [4.78, 5) is 8.00. The number of hydrogen-bond acceptors (Lipinski definition) is 3. The van der Waals surface area contributed by atoms with E-state index in [1.54, 1.807) is 6.08 Å². The molecule has 0 atom stereocenters. The number of anilines is 1.